The standard InChI is InChI=1S/C23H22N6OS/c24-9-18-10-27-29-13-17(19-11-26-28(14-19)20-5-3-7-25-12-20)8-22(23(18)29)31-21-6-2-1-4-16(21)15-30/h1-2,4,6,8,10-11,13-14,20,25,30H,3,5,7,12,15H2/t20-/m0/s1. The molecule has 3 aromatic heterocycles. The quantitative estimate of drug-likeness (QED) is 0.502. The first-order valence-corrected chi connectivity index (χ1v) is 11.1. The Morgan fingerprint density at radius 1 is 1.16 bits per heavy atom. The second-order valence-electron chi connectivity index (χ2n) is 7.63. The average molecular weight is 431 g/mol. The second-order valence-corrected chi connectivity index (χ2v) is 8.72. The number of benzene rings is 1. The molecule has 0 radical (unpaired) electrons. The number of piperidine rings is 1. The third kappa shape index (κ3) is 3.83. The topological polar surface area (TPSA) is 91.2 Å². The average Bonchev–Trinajstić information content (AvgIpc) is 3.47. The number of rotatable bonds is 5. The van der Waals surface area contributed by atoms with E-state index in [1.165, 1.54) is 11.8 Å². The van der Waals surface area contributed by atoms with Gasteiger partial charge < -0.3 is 10.4 Å². The summed E-state index contributed by atoms with van der Waals surface area (Å²) in [6.45, 7) is 1.97. The van der Waals surface area contributed by atoms with E-state index in [2.05, 4.69) is 33.8 Å². The van der Waals surface area contributed by atoms with E-state index in [1.807, 2.05) is 41.3 Å². The second kappa shape index (κ2) is 8.55. The molecule has 4 aromatic rings. The summed E-state index contributed by atoms with van der Waals surface area (Å²) >= 11 is 1.54. The zero-order valence-corrected chi connectivity index (χ0v) is 17.7. The van der Waals surface area contributed by atoms with E-state index in [4.69, 9.17) is 0 Å². The molecule has 1 atom stereocenters. The fourth-order valence-electron chi connectivity index (χ4n) is 4.00. The molecular weight excluding hydrogens is 408 g/mol. The summed E-state index contributed by atoms with van der Waals surface area (Å²) in [4.78, 5) is 1.87. The molecule has 0 unspecified atom stereocenters. The monoisotopic (exact) mass is 430 g/mol. The summed E-state index contributed by atoms with van der Waals surface area (Å²) < 4.78 is 3.81. The maximum atomic E-state index is 9.73. The largest absolute Gasteiger partial charge is 0.392 e. The number of fused-ring (bicyclic) bond motifs is 1. The Morgan fingerprint density at radius 3 is 2.87 bits per heavy atom. The molecule has 5 rings (SSSR count). The summed E-state index contributed by atoms with van der Waals surface area (Å²) in [7, 11) is 0. The predicted octanol–water partition coefficient (Wildman–Crippen LogP) is 3.64. The molecule has 0 saturated carbocycles. The Hall–Kier alpha value is -3.12. The molecule has 1 saturated heterocycles. The first kappa shape index (κ1) is 19.8. The van der Waals surface area contributed by atoms with Crippen LogP contribution in [0.1, 0.15) is 30.0 Å². The van der Waals surface area contributed by atoms with Crippen molar-refractivity contribution < 1.29 is 5.11 Å². The molecule has 1 aliphatic heterocycles. The molecule has 0 aliphatic carbocycles. The van der Waals surface area contributed by atoms with Crippen molar-refractivity contribution in [2.75, 3.05) is 13.1 Å². The Morgan fingerprint density at radius 2 is 2.06 bits per heavy atom. The third-order valence-electron chi connectivity index (χ3n) is 5.64. The van der Waals surface area contributed by atoms with E-state index in [9.17, 15) is 10.4 Å². The highest BCUT2D eigenvalue weighted by atomic mass is 32.2. The van der Waals surface area contributed by atoms with E-state index in [0.29, 0.717) is 11.6 Å². The summed E-state index contributed by atoms with van der Waals surface area (Å²) in [5, 5.41) is 31.8. The van der Waals surface area contributed by atoms with Crippen LogP contribution < -0.4 is 5.32 Å². The van der Waals surface area contributed by atoms with Crippen LogP contribution in [0.3, 0.4) is 0 Å². The first-order chi connectivity index (χ1) is 15.3. The number of nitrogens with zero attached hydrogens (tertiary/aromatic N) is 5. The number of pyridine rings is 1. The van der Waals surface area contributed by atoms with E-state index < -0.39 is 0 Å². The molecule has 0 bridgehead atoms. The van der Waals surface area contributed by atoms with Gasteiger partial charge in [-0.3, -0.25) is 4.68 Å². The van der Waals surface area contributed by atoms with Crippen LogP contribution in [0.2, 0.25) is 0 Å². The number of aromatic nitrogens is 4. The minimum Gasteiger partial charge on any atom is -0.392 e. The van der Waals surface area contributed by atoms with Gasteiger partial charge in [0, 0.05) is 39.9 Å². The van der Waals surface area contributed by atoms with Gasteiger partial charge in [0.2, 0.25) is 0 Å². The van der Waals surface area contributed by atoms with Gasteiger partial charge in [0.15, 0.2) is 0 Å². The molecular formula is C23H22N6OS. The van der Waals surface area contributed by atoms with E-state index >= 15 is 0 Å². The van der Waals surface area contributed by atoms with Crippen LogP contribution in [0.15, 0.2) is 64.9 Å². The van der Waals surface area contributed by atoms with Crippen LogP contribution in [0.5, 0.6) is 0 Å². The van der Waals surface area contributed by atoms with Crippen molar-refractivity contribution >= 4 is 17.3 Å². The van der Waals surface area contributed by atoms with Crippen LogP contribution in [0.25, 0.3) is 16.6 Å². The van der Waals surface area contributed by atoms with Gasteiger partial charge in [-0.1, -0.05) is 30.0 Å². The number of aliphatic hydroxyl groups excluding tert-OH is 1. The van der Waals surface area contributed by atoms with Gasteiger partial charge in [-0.15, -0.1) is 0 Å². The Bertz CT molecular complexity index is 1260. The fourth-order valence-corrected chi connectivity index (χ4v) is 5.13. The Labute approximate surface area is 184 Å². The Kier molecular flexibility index (Phi) is 5.47. The van der Waals surface area contributed by atoms with E-state index in [1.54, 1.807) is 10.7 Å². The van der Waals surface area contributed by atoms with Gasteiger partial charge in [-0.25, -0.2) is 4.52 Å². The first-order valence-electron chi connectivity index (χ1n) is 10.3. The van der Waals surface area contributed by atoms with Crippen LogP contribution in [0, 0.1) is 11.3 Å². The SMILES string of the molecule is N#Cc1cnn2cc(-c3cnn([C@H]4CCCNC4)c3)cc(Sc3ccccc3CO)c12. The Balaban J connectivity index is 1.57. The van der Waals surface area contributed by atoms with Crippen LogP contribution >= 0.6 is 11.8 Å². The van der Waals surface area contributed by atoms with Gasteiger partial charge in [0.1, 0.15) is 6.07 Å². The lowest BCUT2D eigenvalue weighted by Crippen LogP contribution is -2.31. The highest BCUT2D eigenvalue weighted by Gasteiger charge is 2.18. The normalized spacial score (nSPS) is 16.5. The molecule has 7 nitrogen and oxygen atoms in total. The van der Waals surface area contributed by atoms with Crippen molar-refractivity contribution in [1.29, 1.82) is 5.26 Å². The molecule has 1 aliphatic rings. The zero-order valence-electron chi connectivity index (χ0n) is 16.9. The fraction of sp³-hybridized carbons (Fsp3) is 0.261. The van der Waals surface area contributed by atoms with Gasteiger partial charge >= 0.3 is 0 Å². The molecule has 1 aromatic carbocycles. The molecule has 0 amide bonds. The molecule has 156 valence electrons. The number of nitrogens with one attached hydrogen (secondary N) is 1. The van der Waals surface area contributed by atoms with Crippen LogP contribution in [-0.4, -0.2) is 37.6 Å². The molecule has 0 spiro atoms. The van der Waals surface area contributed by atoms with Crippen molar-refractivity contribution in [2.24, 2.45) is 0 Å². The molecule has 4 heterocycles. The smallest absolute Gasteiger partial charge is 0.103 e. The number of aliphatic hydroxyl groups is 1. The summed E-state index contributed by atoms with van der Waals surface area (Å²) in [6, 6.07) is 12.4. The highest BCUT2D eigenvalue weighted by Crippen LogP contribution is 2.37. The van der Waals surface area contributed by atoms with E-state index in [0.717, 1.165) is 57.9 Å². The van der Waals surface area contributed by atoms with Crippen molar-refractivity contribution in [3.63, 3.8) is 0 Å². The predicted molar refractivity (Wildman–Crippen MR) is 119 cm³/mol. The molecule has 8 heteroatoms. The maximum absolute atomic E-state index is 9.73. The third-order valence-corrected chi connectivity index (χ3v) is 6.79. The minimum absolute atomic E-state index is 0.0360. The van der Waals surface area contributed by atoms with E-state index in [-0.39, 0.29) is 6.61 Å². The van der Waals surface area contributed by atoms with Gasteiger partial charge in [0.05, 0.1) is 36.1 Å². The molecule has 31 heavy (non-hydrogen) atoms. The maximum Gasteiger partial charge on any atom is 0.103 e. The van der Waals surface area contributed by atoms with Crippen molar-refractivity contribution in [2.45, 2.75) is 35.3 Å². The lowest BCUT2D eigenvalue weighted by Gasteiger charge is -2.22. The summed E-state index contributed by atoms with van der Waals surface area (Å²) in [5.74, 6) is 0. The zero-order chi connectivity index (χ0) is 21.2. The minimum atomic E-state index is -0.0360. The van der Waals surface area contributed by atoms with Crippen LogP contribution in [0.4, 0.5) is 0 Å². The summed E-state index contributed by atoms with van der Waals surface area (Å²) in [5.41, 5.74) is 4.15. The van der Waals surface area contributed by atoms with Crippen molar-refractivity contribution in [1.82, 2.24) is 24.7 Å². The van der Waals surface area contributed by atoms with Crippen molar-refractivity contribution in [3.05, 3.63) is 66.2 Å². The molecule has 2 N–H and O–H groups in total. The lowest BCUT2D eigenvalue weighted by molar-refractivity contribution is 0.279. The van der Waals surface area contributed by atoms with Crippen molar-refractivity contribution in [3.8, 4) is 17.2 Å². The van der Waals surface area contributed by atoms with Crippen LogP contribution in [-0.2, 0) is 6.61 Å². The highest BCUT2D eigenvalue weighted by molar-refractivity contribution is 7.99. The number of hydrogen-bond donors (Lipinski definition) is 2. The number of hydrogen-bond acceptors (Lipinski definition) is 6. The van der Waals surface area contributed by atoms with Gasteiger partial charge in [-0.05, 0) is 37.1 Å². The molecule has 1 fully saturated rings. The lowest BCUT2D eigenvalue weighted by atomic mass is 10.1. The summed E-state index contributed by atoms with van der Waals surface area (Å²) in [6.07, 6.45) is 9.79. The van der Waals surface area contributed by atoms with Gasteiger partial charge in [0.25, 0.3) is 0 Å². The number of nitriles is 1. The van der Waals surface area contributed by atoms with Gasteiger partial charge in [-0.2, -0.15) is 15.5 Å².